The van der Waals surface area contributed by atoms with Crippen molar-refractivity contribution in [3.05, 3.63) is 151 Å². The SMILES string of the molecule is C=CCC1(c2c(/C=C/C=C\C)cccc2-c2cccc3c2sc2ccc(-c4nc(-c5ccccc5)c5sc6ccccc6c5n4)cc23)CCCCC1. The Morgan fingerprint density at radius 3 is 2.27 bits per heavy atom. The third-order valence-electron chi connectivity index (χ3n) is 10.9. The predicted molar refractivity (Wildman–Crippen MR) is 228 cm³/mol. The summed E-state index contributed by atoms with van der Waals surface area (Å²) < 4.78 is 4.98. The van der Waals surface area contributed by atoms with Crippen LogP contribution < -0.4 is 0 Å². The van der Waals surface area contributed by atoms with Crippen molar-refractivity contribution in [1.82, 2.24) is 9.97 Å². The zero-order chi connectivity index (χ0) is 35.1. The van der Waals surface area contributed by atoms with Crippen molar-refractivity contribution in [3.63, 3.8) is 0 Å². The molecule has 9 rings (SSSR count). The van der Waals surface area contributed by atoms with Crippen LogP contribution in [0.25, 0.3) is 80.3 Å². The molecule has 52 heavy (non-hydrogen) atoms. The summed E-state index contributed by atoms with van der Waals surface area (Å²) in [6, 6.07) is 39.7. The Balaban J connectivity index is 1.24. The first-order valence-corrected chi connectivity index (χ1v) is 20.1. The van der Waals surface area contributed by atoms with Crippen molar-refractivity contribution < 1.29 is 0 Å². The van der Waals surface area contributed by atoms with Crippen LogP contribution in [-0.4, -0.2) is 9.97 Å². The first-order chi connectivity index (χ1) is 25.7. The Morgan fingerprint density at radius 1 is 0.673 bits per heavy atom. The van der Waals surface area contributed by atoms with Crippen molar-refractivity contribution in [3.8, 4) is 33.8 Å². The van der Waals surface area contributed by atoms with Crippen LogP contribution in [0.5, 0.6) is 0 Å². The summed E-state index contributed by atoms with van der Waals surface area (Å²) in [5.74, 6) is 0.763. The number of rotatable bonds is 8. The topological polar surface area (TPSA) is 25.8 Å². The van der Waals surface area contributed by atoms with E-state index in [0.717, 1.165) is 39.3 Å². The Bertz CT molecular complexity index is 2670. The first kappa shape index (κ1) is 32.7. The van der Waals surface area contributed by atoms with Crippen LogP contribution >= 0.6 is 22.7 Å². The minimum Gasteiger partial charge on any atom is -0.226 e. The van der Waals surface area contributed by atoms with Gasteiger partial charge < -0.3 is 0 Å². The molecule has 5 aromatic carbocycles. The molecule has 0 atom stereocenters. The molecule has 0 radical (unpaired) electrons. The van der Waals surface area contributed by atoms with Crippen LogP contribution in [0.3, 0.4) is 0 Å². The average molecular weight is 709 g/mol. The molecular formula is C48H40N2S2. The number of nitrogens with zero attached hydrogens (tertiary/aromatic N) is 2. The van der Waals surface area contributed by atoms with Gasteiger partial charge in [-0.1, -0.05) is 135 Å². The van der Waals surface area contributed by atoms with Crippen LogP contribution in [0.2, 0.25) is 0 Å². The Kier molecular flexibility index (Phi) is 8.66. The van der Waals surface area contributed by atoms with E-state index in [2.05, 4.69) is 153 Å². The van der Waals surface area contributed by atoms with Crippen molar-refractivity contribution in [2.75, 3.05) is 0 Å². The number of allylic oxidation sites excluding steroid dienone is 4. The fourth-order valence-electron chi connectivity index (χ4n) is 8.52. The summed E-state index contributed by atoms with van der Waals surface area (Å²) in [5, 5.41) is 3.72. The van der Waals surface area contributed by atoms with Crippen molar-refractivity contribution in [2.24, 2.45) is 0 Å². The van der Waals surface area contributed by atoms with Gasteiger partial charge in [-0.15, -0.1) is 29.3 Å². The van der Waals surface area contributed by atoms with Gasteiger partial charge in [0, 0.05) is 41.4 Å². The van der Waals surface area contributed by atoms with E-state index in [1.807, 2.05) is 11.3 Å². The zero-order valence-corrected chi connectivity index (χ0v) is 31.1. The second kappa shape index (κ2) is 13.8. The maximum absolute atomic E-state index is 5.29. The van der Waals surface area contributed by atoms with Gasteiger partial charge in [-0.2, -0.15) is 0 Å². The molecule has 1 aliphatic carbocycles. The van der Waals surface area contributed by atoms with E-state index in [4.69, 9.17) is 9.97 Å². The van der Waals surface area contributed by atoms with E-state index in [1.54, 1.807) is 11.3 Å². The highest BCUT2D eigenvalue weighted by atomic mass is 32.1. The average Bonchev–Trinajstić information content (AvgIpc) is 3.76. The molecule has 0 N–H and O–H groups in total. The molecule has 3 aromatic heterocycles. The summed E-state index contributed by atoms with van der Waals surface area (Å²) in [6.45, 7) is 6.33. The number of hydrogen-bond donors (Lipinski definition) is 0. The van der Waals surface area contributed by atoms with E-state index < -0.39 is 0 Å². The minimum atomic E-state index is 0.0798. The normalized spacial score (nSPS) is 14.8. The molecular weight excluding hydrogens is 669 g/mol. The molecule has 0 unspecified atom stereocenters. The van der Waals surface area contributed by atoms with Gasteiger partial charge in [0.1, 0.15) is 0 Å². The molecule has 3 heterocycles. The fraction of sp³-hybridized carbons (Fsp3) is 0.167. The van der Waals surface area contributed by atoms with Crippen LogP contribution in [0.15, 0.2) is 140 Å². The van der Waals surface area contributed by atoms with E-state index in [0.29, 0.717) is 0 Å². The third kappa shape index (κ3) is 5.62. The first-order valence-electron chi connectivity index (χ1n) is 18.4. The lowest BCUT2D eigenvalue weighted by molar-refractivity contribution is 0.295. The van der Waals surface area contributed by atoms with Crippen molar-refractivity contribution in [1.29, 1.82) is 0 Å². The maximum atomic E-state index is 5.29. The Labute approximate surface area is 313 Å². The van der Waals surface area contributed by atoms with Crippen molar-refractivity contribution >= 4 is 69.2 Å². The van der Waals surface area contributed by atoms with Crippen LogP contribution in [0.1, 0.15) is 56.6 Å². The second-order valence-corrected chi connectivity index (χ2v) is 16.1. The highest BCUT2D eigenvalue weighted by Gasteiger charge is 2.36. The highest BCUT2D eigenvalue weighted by Crippen LogP contribution is 2.50. The summed E-state index contributed by atoms with van der Waals surface area (Å²) in [7, 11) is 0. The monoisotopic (exact) mass is 708 g/mol. The van der Waals surface area contributed by atoms with Gasteiger partial charge in [0.25, 0.3) is 0 Å². The molecule has 1 aliphatic rings. The number of hydrogen-bond acceptors (Lipinski definition) is 4. The van der Waals surface area contributed by atoms with Gasteiger partial charge in [0.2, 0.25) is 0 Å². The molecule has 8 aromatic rings. The third-order valence-corrected chi connectivity index (χ3v) is 13.3. The largest absolute Gasteiger partial charge is 0.226 e. The fourth-order valence-corrected chi connectivity index (χ4v) is 10.9. The minimum absolute atomic E-state index is 0.0798. The standard InChI is InChI=1S/C48H40N2S2/c1-3-5-8-17-32-20-15-22-35(42(32)48(28-4-2)29-13-7-14-30-48)36-23-16-24-37-39-31-34(26-27-41(39)51-45(36)37)47-49-43(33-18-9-6-10-19-33)46-44(50-47)38-21-11-12-25-40(38)52-46/h3-6,8-12,15-27,31H,2,7,13-14,28-30H2,1H3/b5-3-,17-8+. The molecule has 0 aliphatic heterocycles. The summed E-state index contributed by atoms with van der Waals surface area (Å²) in [4.78, 5) is 10.6. The number of benzene rings is 5. The van der Waals surface area contributed by atoms with Crippen molar-refractivity contribution in [2.45, 2.75) is 50.9 Å². The van der Waals surface area contributed by atoms with E-state index in [9.17, 15) is 0 Å². The molecule has 0 bridgehead atoms. The molecule has 1 fully saturated rings. The number of fused-ring (bicyclic) bond motifs is 6. The van der Waals surface area contributed by atoms with Gasteiger partial charge in [0.05, 0.1) is 15.9 Å². The number of aromatic nitrogens is 2. The zero-order valence-electron chi connectivity index (χ0n) is 29.4. The molecule has 1 saturated carbocycles. The maximum Gasteiger partial charge on any atom is 0.160 e. The van der Waals surface area contributed by atoms with Gasteiger partial charge in [0.15, 0.2) is 5.82 Å². The van der Waals surface area contributed by atoms with E-state index >= 15 is 0 Å². The lowest BCUT2D eigenvalue weighted by Gasteiger charge is -2.40. The number of thiophene rings is 2. The molecule has 2 nitrogen and oxygen atoms in total. The predicted octanol–water partition coefficient (Wildman–Crippen LogP) is 14.6. The lowest BCUT2D eigenvalue weighted by atomic mass is 9.64. The quantitative estimate of drug-likeness (QED) is 0.116. The second-order valence-electron chi connectivity index (χ2n) is 14.0. The summed E-state index contributed by atoms with van der Waals surface area (Å²) >= 11 is 3.68. The smallest absolute Gasteiger partial charge is 0.160 e. The lowest BCUT2D eigenvalue weighted by Crippen LogP contribution is -2.30. The van der Waals surface area contributed by atoms with Gasteiger partial charge in [-0.3, -0.25) is 0 Å². The van der Waals surface area contributed by atoms with E-state index in [-0.39, 0.29) is 5.41 Å². The molecule has 0 spiro atoms. The summed E-state index contributed by atoms with van der Waals surface area (Å²) in [5.41, 5.74) is 9.73. The summed E-state index contributed by atoms with van der Waals surface area (Å²) in [6.07, 6.45) is 18.1. The Hall–Kier alpha value is -5.16. The Morgan fingerprint density at radius 2 is 1.42 bits per heavy atom. The van der Waals surface area contributed by atoms with Crippen LogP contribution in [0, 0.1) is 0 Å². The van der Waals surface area contributed by atoms with Crippen LogP contribution in [0.4, 0.5) is 0 Å². The molecule has 0 saturated heterocycles. The molecule has 254 valence electrons. The van der Waals surface area contributed by atoms with Gasteiger partial charge in [-0.05, 0) is 78.1 Å². The highest BCUT2D eigenvalue weighted by molar-refractivity contribution is 7.26. The molecule has 4 heteroatoms. The van der Waals surface area contributed by atoms with Gasteiger partial charge in [-0.25, -0.2) is 9.97 Å². The molecule has 0 amide bonds. The van der Waals surface area contributed by atoms with E-state index in [1.165, 1.54) is 84.6 Å². The van der Waals surface area contributed by atoms with Crippen LogP contribution in [-0.2, 0) is 5.41 Å². The van der Waals surface area contributed by atoms with Gasteiger partial charge >= 0.3 is 0 Å².